The molecule has 1 saturated heterocycles. The molecule has 0 amide bonds. The van der Waals surface area contributed by atoms with Crippen molar-refractivity contribution in [3.05, 3.63) is 29.8 Å². The van der Waals surface area contributed by atoms with Crippen LogP contribution < -0.4 is 10.2 Å². The van der Waals surface area contributed by atoms with Gasteiger partial charge in [0, 0.05) is 31.7 Å². The highest BCUT2D eigenvalue weighted by molar-refractivity contribution is 5.56. The highest BCUT2D eigenvalue weighted by Gasteiger charge is 2.17. The lowest BCUT2D eigenvalue weighted by atomic mass is 10.1. The number of aromatic nitrogens is 2. The van der Waals surface area contributed by atoms with Gasteiger partial charge in [0.05, 0.1) is 0 Å². The van der Waals surface area contributed by atoms with Crippen molar-refractivity contribution in [2.45, 2.75) is 6.92 Å². The Kier molecular flexibility index (Phi) is 2.98. The maximum atomic E-state index is 5.33. The van der Waals surface area contributed by atoms with Crippen molar-refractivity contribution in [2.24, 2.45) is 0 Å². The molecule has 1 aromatic carbocycles. The van der Waals surface area contributed by atoms with Gasteiger partial charge < -0.3 is 14.7 Å². The second-order valence-electron chi connectivity index (χ2n) is 4.50. The number of benzene rings is 1. The standard InChI is InChI=1S/C13H16N4O/c1-10-2-4-11(5-3-10)12-15-13(18-16-12)17-8-6-14-7-9-17/h2-5,14H,6-9H2,1H3. The van der Waals surface area contributed by atoms with E-state index in [0.29, 0.717) is 11.8 Å². The molecule has 0 bridgehead atoms. The summed E-state index contributed by atoms with van der Waals surface area (Å²) in [6.07, 6.45) is 0. The molecule has 1 aliphatic heterocycles. The number of hydrogen-bond acceptors (Lipinski definition) is 5. The third kappa shape index (κ3) is 2.22. The van der Waals surface area contributed by atoms with Crippen LogP contribution in [-0.2, 0) is 0 Å². The van der Waals surface area contributed by atoms with Gasteiger partial charge in [0.15, 0.2) is 0 Å². The topological polar surface area (TPSA) is 54.2 Å². The van der Waals surface area contributed by atoms with Crippen molar-refractivity contribution in [1.29, 1.82) is 0 Å². The second-order valence-corrected chi connectivity index (χ2v) is 4.50. The molecule has 0 radical (unpaired) electrons. The first-order valence-corrected chi connectivity index (χ1v) is 6.19. The van der Waals surface area contributed by atoms with Gasteiger partial charge in [-0.3, -0.25) is 0 Å². The quantitative estimate of drug-likeness (QED) is 0.866. The van der Waals surface area contributed by atoms with E-state index < -0.39 is 0 Å². The van der Waals surface area contributed by atoms with Crippen LogP contribution in [0, 0.1) is 6.92 Å². The molecule has 1 aromatic heterocycles. The van der Waals surface area contributed by atoms with Gasteiger partial charge in [0.1, 0.15) is 0 Å². The third-order valence-corrected chi connectivity index (χ3v) is 3.11. The van der Waals surface area contributed by atoms with Gasteiger partial charge in [-0.1, -0.05) is 35.0 Å². The predicted octanol–water partition coefficient (Wildman–Crippen LogP) is 1.45. The highest BCUT2D eigenvalue weighted by Crippen LogP contribution is 2.20. The molecule has 94 valence electrons. The van der Waals surface area contributed by atoms with E-state index in [1.807, 2.05) is 12.1 Å². The molecule has 1 aliphatic rings. The third-order valence-electron chi connectivity index (χ3n) is 3.11. The van der Waals surface area contributed by atoms with Crippen LogP contribution in [0.4, 0.5) is 6.01 Å². The minimum atomic E-state index is 0.618. The number of hydrogen-bond donors (Lipinski definition) is 1. The zero-order valence-electron chi connectivity index (χ0n) is 10.4. The van der Waals surface area contributed by atoms with Crippen molar-refractivity contribution in [1.82, 2.24) is 15.5 Å². The van der Waals surface area contributed by atoms with Crippen LogP contribution in [0.15, 0.2) is 28.8 Å². The Morgan fingerprint density at radius 2 is 1.89 bits per heavy atom. The Labute approximate surface area is 106 Å². The van der Waals surface area contributed by atoms with Crippen LogP contribution in [0.2, 0.25) is 0 Å². The molecule has 2 heterocycles. The molecule has 5 heteroatoms. The molecule has 0 saturated carbocycles. The summed E-state index contributed by atoms with van der Waals surface area (Å²) in [5.74, 6) is 0.656. The molecular weight excluding hydrogens is 228 g/mol. The molecule has 2 aromatic rings. The zero-order chi connectivity index (χ0) is 12.4. The summed E-state index contributed by atoms with van der Waals surface area (Å²) in [4.78, 5) is 6.57. The van der Waals surface area contributed by atoms with Gasteiger partial charge in [-0.15, -0.1) is 0 Å². The molecule has 1 N–H and O–H groups in total. The van der Waals surface area contributed by atoms with Crippen LogP contribution in [0.5, 0.6) is 0 Å². The summed E-state index contributed by atoms with van der Waals surface area (Å²) >= 11 is 0. The van der Waals surface area contributed by atoms with Crippen LogP contribution in [-0.4, -0.2) is 36.3 Å². The van der Waals surface area contributed by atoms with Crippen LogP contribution in [0.1, 0.15) is 5.56 Å². The SMILES string of the molecule is Cc1ccc(-c2noc(N3CCNCC3)n2)cc1. The lowest BCUT2D eigenvalue weighted by Gasteiger charge is -2.24. The van der Waals surface area contributed by atoms with E-state index in [1.54, 1.807) is 0 Å². The summed E-state index contributed by atoms with van der Waals surface area (Å²) < 4.78 is 5.33. The van der Waals surface area contributed by atoms with E-state index in [-0.39, 0.29) is 0 Å². The maximum absolute atomic E-state index is 5.33. The summed E-state index contributed by atoms with van der Waals surface area (Å²) in [5.41, 5.74) is 2.22. The normalized spacial score (nSPS) is 15.9. The van der Waals surface area contributed by atoms with E-state index >= 15 is 0 Å². The minimum Gasteiger partial charge on any atom is -0.322 e. The lowest BCUT2D eigenvalue weighted by Crippen LogP contribution is -2.43. The lowest BCUT2D eigenvalue weighted by molar-refractivity contribution is 0.405. The Balaban J connectivity index is 1.82. The first-order valence-electron chi connectivity index (χ1n) is 6.19. The summed E-state index contributed by atoms with van der Waals surface area (Å²) in [6, 6.07) is 8.75. The fourth-order valence-electron chi connectivity index (χ4n) is 2.02. The maximum Gasteiger partial charge on any atom is 0.324 e. The second kappa shape index (κ2) is 4.78. The van der Waals surface area contributed by atoms with Crippen LogP contribution >= 0.6 is 0 Å². The van der Waals surface area contributed by atoms with Crippen molar-refractivity contribution in [2.75, 3.05) is 31.1 Å². The van der Waals surface area contributed by atoms with Gasteiger partial charge >= 0.3 is 6.01 Å². The Morgan fingerprint density at radius 1 is 1.17 bits per heavy atom. The molecule has 0 spiro atoms. The summed E-state index contributed by atoms with van der Waals surface area (Å²) in [5, 5.41) is 7.34. The first kappa shape index (κ1) is 11.2. The first-order chi connectivity index (χ1) is 8.83. The number of anilines is 1. The van der Waals surface area contributed by atoms with Crippen LogP contribution in [0.25, 0.3) is 11.4 Å². The fourth-order valence-corrected chi connectivity index (χ4v) is 2.02. The largest absolute Gasteiger partial charge is 0.324 e. The summed E-state index contributed by atoms with van der Waals surface area (Å²) in [6.45, 7) is 5.81. The molecule has 5 nitrogen and oxygen atoms in total. The van der Waals surface area contributed by atoms with Crippen molar-refractivity contribution >= 4 is 6.01 Å². The van der Waals surface area contributed by atoms with Gasteiger partial charge in [-0.25, -0.2) is 0 Å². The molecule has 0 unspecified atom stereocenters. The predicted molar refractivity (Wildman–Crippen MR) is 69.6 cm³/mol. The average Bonchev–Trinajstić information content (AvgIpc) is 2.90. The van der Waals surface area contributed by atoms with E-state index in [4.69, 9.17) is 4.52 Å². The molecule has 0 aliphatic carbocycles. The van der Waals surface area contributed by atoms with Gasteiger partial charge in [0.25, 0.3) is 0 Å². The number of aryl methyl sites for hydroxylation is 1. The molecule has 3 rings (SSSR count). The van der Waals surface area contributed by atoms with Gasteiger partial charge in [0.2, 0.25) is 5.82 Å². The summed E-state index contributed by atoms with van der Waals surface area (Å²) in [7, 11) is 0. The van der Waals surface area contributed by atoms with E-state index in [1.165, 1.54) is 5.56 Å². The molecule has 18 heavy (non-hydrogen) atoms. The van der Waals surface area contributed by atoms with E-state index in [9.17, 15) is 0 Å². The number of nitrogens with one attached hydrogen (secondary N) is 1. The molecule has 0 atom stereocenters. The number of piperazine rings is 1. The van der Waals surface area contributed by atoms with E-state index in [0.717, 1.165) is 31.7 Å². The van der Waals surface area contributed by atoms with Crippen molar-refractivity contribution in [3.63, 3.8) is 0 Å². The van der Waals surface area contributed by atoms with Crippen molar-refractivity contribution in [3.8, 4) is 11.4 Å². The average molecular weight is 244 g/mol. The Hall–Kier alpha value is -1.88. The number of nitrogens with zero attached hydrogens (tertiary/aromatic N) is 3. The molecular formula is C13H16N4O. The highest BCUT2D eigenvalue weighted by atomic mass is 16.5. The monoisotopic (exact) mass is 244 g/mol. The Morgan fingerprint density at radius 3 is 2.61 bits per heavy atom. The zero-order valence-corrected chi connectivity index (χ0v) is 10.4. The smallest absolute Gasteiger partial charge is 0.322 e. The van der Waals surface area contributed by atoms with Gasteiger partial charge in [-0.2, -0.15) is 4.98 Å². The fraction of sp³-hybridized carbons (Fsp3) is 0.385. The molecule has 1 fully saturated rings. The van der Waals surface area contributed by atoms with E-state index in [2.05, 4.69) is 39.4 Å². The van der Waals surface area contributed by atoms with Crippen LogP contribution in [0.3, 0.4) is 0 Å². The van der Waals surface area contributed by atoms with Gasteiger partial charge in [-0.05, 0) is 6.92 Å². The number of rotatable bonds is 2. The Bertz CT molecular complexity index is 514. The minimum absolute atomic E-state index is 0.618. The van der Waals surface area contributed by atoms with Crippen molar-refractivity contribution < 1.29 is 4.52 Å².